The summed E-state index contributed by atoms with van der Waals surface area (Å²) >= 11 is 0. The standard InChI is InChI=1S/C15H19FN2O/c1-11(2)10-18(9-5-8-17)15(19)13-7-4-6-12(3)14(13)16/h4,6-7,11H,5,9-10H2,1-3H3. The lowest BCUT2D eigenvalue weighted by Crippen LogP contribution is -2.35. The number of halogens is 1. The fraction of sp³-hybridized carbons (Fsp3) is 0.467. The van der Waals surface area contributed by atoms with Gasteiger partial charge in [-0.3, -0.25) is 4.79 Å². The molecule has 1 aromatic carbocycles. The van der Waals surface area contributed by atoms with Crippen LogP contribution in [0.3, 0.4) is 0 Å². The van der Waals surface area contributed by atoms with E-state index in [1.165, 1.54) is 6.07 Å². The van der Waals surface area contributed by atoms with Crippen molar-refractivity contribution in [3.8, 4) is 6.07 Å². The molecule has 1 aromatic rings. The Labute approximate surface area is 113 Å². The van der Waals surface area contributed by atoms with E-state index in [0.717, 1.165) is 0 Å². The zero-order valence-corrected chi connectivity index (χ0v) is 11.6. The summed E-state index contributed by atoms with van der Waals surface area (Å²) in [6.07, 6.45) is 0.256. The Morgan fingerprint density at radius 3 is 2.74 bits per heavy atom. The van der Waals surface area contributed by atoms with Gasteiger partial charge in [-0.25, -0.2) is 4.39 Å². The lowest BCUT2D eigenvalue weighted by molar-refractivity contribution is 0.0735. The number of rotatable bonds is 5. The molecule has 0 aliphatic carbocycles. The average molecular weight is 262 g/mol. The number of carbonyl (C=O) groups excluding carboxylic acids is 1. The van der Waals surface area contributed by atoms with Crippen LogP contribution in [0.2, 0.25) is 0 Å². The van der Waals surface area contributed by atoms with Gasteiger partial charge in [0.25, 0.3) is 5.91 Å². The minimum atomic E-state index is -0.474. The lowest BCUT2D eigenvalue weighted by atomic mass is 10.1. The van der Waals surface area contributed by atoms with Crippen molar-refractivity contribution in [2.24, 2.45) is 5.92 Å². The summed E-state index contributed by atoms with van der Waals surface area (Å²) in [7, 11) is 0. The van der Waals surface area contributed by atoms with E-state index in [1.807, 2.05) is 19.9 Å². The molecule has 0 atom stereocenters. The molecule has 0 aliphatic rings. The molecule has 4 heteroatoms. The van der Waals surface area contributed by atoms with Crippen molar-refractivity contribution in [1.82, 2.24) is 4.90 Å². The van der Waals surface area contributed by atoms with Crippen LogP contribution in [0.15, 0.2) is 18.2 Å². The van der Waals surface area contributed by atoms with E-state index in [4.69, 9.17) is 5.26 Å². The minimum Gasteiger partial charge on any atom is -0.337 e. The highest BCUT2D eigenvalue weighted by Crippen LogP contribution is 2.15. The largest absolute Gasteiger partial charge is 0.337 e. The summed E-state index contributed by atoms with van der Waals surface area (Å²) in [5, 5.41) is 8.64. The van der Waals surface area contributed by atoms with Crippen LogP contribution < -0.4 is 0 Å². The maximum Gasteiger partial charge on any atom is 0.256 e. The maximum absolute atomic E-state index is 14.0. The first kappa shape index (κ1) is 15.2. The first-order chi connectivity index (χ1) is 8.97. The SMILES string of the molecule is Cc1cccc(C(=O)N(CCC#N)CC(C)C)c1F. The number of hydrogen-bond donors (Lipinski definition) is 0. The van der Waals surface area contributed by atoms with Crippen LogP contribution in [0.25, 0.3) is 0 Å². The van der Waals surface area contributed by atoms with Gasteiger partial charge in [0.15, 0.2) is 0 Å². The van der Waals surface area contributed by atoms with Gasteiger partial charge in [0.05, 0.1) is 18.1 Å². The zero-order chi connectivity index (χ0) is 14.4. The molecule has 0 radical (unpaired) electrons. The predicted molar refractivity (Wildman–Crippen MR) is 72.1 cm³/mol. The summed E-state index contributed by atoms with van der Waals surface area (Å²) < 4.78 is 14.0. The van der Waals surface area contributed by atoms with Crippen LogP contribution in [0.1, 0.15) is 36.2 Å². The molecule has 1 amide bonds. The van der Waals surface area contributed by atoms with Crippen molar-refractivity contribution < 1.29 is 9.18 Å². The molecule has 0 fully saturated rings. The number of nitriles is 1. The van der Waals surface area contributed by atoms with E-state index < -0.39 is 5.82 Å². The van der Waals surface area contributed by atoms with E-state index in [-0.39, 0.29) is 23.8 Å². The van der Waals surface area contributed by atoms with Gasteiger partial charge in [0.1, 0.15) is 5.82 Å². The third kappa shape index (κ3) is 4.06. The smallest absolute Gasteiger partial charge is 0.256 e. The van der Waals surface area contributed by atoms with Crippen molar-refractivity contribution in [1.29, 1.82) is 5.26 Å². The van der Waals surface area contributed by atoms with E-state index in [2.05, 4.69) is 0 Å². The summed E-state index contributed by atoms with van der Waals surface area (Å²) in [6.45, 7) is 6.46. The molecule has 0 saturated carbocycles. The highest BCUT2D eigenvalue weighted by molar-refractivity contribution is 5.94. The highest BCUT2D eigenvalue weighted by atomic mass is 19.1. The number of benzene rings is 1. The fourth-order valence-corrected chi connectivity index (χ4v) is 1.88. The molecule has 0 heterocycles. The molecule has 0 saturated heterocycles. The summed E-state index contributed by atoms with van der Waals surface area (Å²) in [5.74, 6) is -0.543. The molecule has 0 aliphatic heterocycles. The van der Waals surface area contributed by atoms with E-state index in [9.17, 15) is 9.18 Å². The minimum absolute atomic E-state index is 0.0820. The van der Waals surface area contributed by atoms with Gasteiger partial charge in [-0.2, -0.15) is 5.26 Å². The number of nitrogens with zero attached hydrogens (tertiary/aromatic N) is 2. The molecule has 0 unspecified atom stereocenters. The average Bonchev–Trinajstić information content (AvgIpc) is 2.36. The Balaban J connectivity index is 2.98. The topological polar surface area (TPSA) is 44.1 Å². The van der Waals surface area contributed by atoms with E-state index >= 15 is 0 Å². The lowest BCUT2D eigenvalue weighted by Gasteiger charge is -2.24. The highest BCUT2D eigenvalue weighted by Gasteiger charge is 2.20. The molecule has 102 valence electrons. The van der Waals surface area contributed by atoms with Gasteiger partial charge in [-0.1, -0.05) is 26.0 Å². The van der Waals surface area contributed by atoms with Crippen LogP contribution >= 0.6 is 0 Å². The quantitative estimate of drug-likeness (QED) is 0.818. The molecular formula is C15H19FN2O. The Bertz CT molecular complexity index is 491. The van der Waals surface area contributed by atoms with Crippen LogP contribution in [0, 0.1) is 30.0 Å². The Kier molecular flexibility index (Phi) is 5.50. The van der Waals surface area contributed by atoms with Crippen molar-refractivity contribution in [2.45, 2.75) is 27.2 Å². The molecule has 0 aromatic heterocycles. The van der Waals surface area contributed by atoms with Crippen LogP contribution in [-0.4, -0.2) is 23.9 Å². The van der Waals surface area contributed by atoms with E-state index in [1.54, 1.807) is 24.0 Å². The van der Waals surface area contributed by atoms with E-state index in [0.29, 0.717) is 18.7 Å². The number of aryl methyl sites for hydroxylation is 1. The first-order valence-electron chi connectivity index (χ1n) is 6.38. The zero-order valence-electron chi connectivity index (χ0n) is 11.6. The van der Waals surface area contributed by atoms with Crippen molar-refractivity contribution in [2.75, 3.05) is 13.1 Å². The Morgan fingerprint density at radius 2 is 2.16 bits per heavy atom. The third-order valence-corrected chi connectivity index (χ3v) is 2.79. The maximum atomic E-state index is 14.0. The second-order valence-electron chi connectivity index (χ2n) is 4.99. The molecule has 0 bridgehead atoms. The molecular weight excluding hydrogens is 243 g/mol. The van der Waals surface area contributed by atoms with Crippen LogP contribution in [-0.2, 0) is 0 Å². The summed E-state index contributed by atoms with van der Waals surface area (Å²) in [6, 6.07) is 6.81. The van der Waals surface area contributed by atoms with Gasteiger partial charge in [0, 0.05) is 13.1 Å². The molecule has 19 heavy (non-hydrogen) atoms. The third-order valence-electron chi connectivity index (χ3n) is 2.79. The van der Waals surface area contributed by atoms with Gasteiger partial charge in [-0.05, 0) is 24.5 Å². The fourth-order valence-electron chi connectivity index (χ4n) is 1.88. The normalized spacial score (nSPS) is 10.3. The summed E-state index contributed by atoms with van der Waals surface area (Å²) in [5.41, 5.74) is 0.536. The van der Waals surface area contributed by atoms with Gasteiger partial charge >= 0.3 is 0 Å². The molecule has 0 N–H and O–H groups in total. The molecule has 3 nitrogen and oxygen atoms in total. The Morgan fingerprint density at radius 1 is 1.47 bits per heavy atom. The van der Waals surface area contributed by atoms with Crippen LogP contribution in [0.4, 0.5) is 4.39 Å². The molecule has 0 spiro atoms. The summed E-state index contributed by atoms with van der Waals surface area (Å²) in [4.78, 5) is 13.9. The molecule has 1 rings (SSSR count). The van der Waals surface area contributed by atoms with Gasteiger partial charge < -0.3 is 4.90 Å². The monoisotopic (exact) mass is 262 g/mol. The van der Waals surface area contributed by atoms with Crippen molar-refractivity contribution in [3.05, 3.63) is 35.1 Å². The van der Waals surface area contributed by atoms with Crippen molar-refractivity contribution in [3.63, 3.8) is 0 Å². The number of carbonyl (C=O) groups is 1. The van der Waals surface area contributed by atoms with Crippen LogP contribution in [0.5, 0.6) is 0 Å². The second-order valence-corrected chi connectivity index (χ2v) is 4.99. The number of amides is 1. The second kappa shape index (κ2) is 6.89. The Hall–Kier alpha value is -1.89. The van der Waals surface area contributed by atoms with Crippen molar-refractivity contribution >= 4 is 5.91 Å². The predicted octanol–water partition coefficient (Wildman–Crippen LogP) is 3.15. The van der Waals surface area contributed by atoms with Gasteiger partial charge in [-0.15, -0.1) is 0 Å². The first-order valence-corrected chi connectivity index (χ1v) is 6.38. The van der Waals surface area contributed by atoms with Gasteiger partial charge in [0.2, 0.25) is 0 Å². The number of hydrogen-bond acceptors (Lipinski definition) is 2.